The molecule has 14 heavy (non-hydrogen) atoms. The topological polar surface area (TPSA) is 61.3 Å². The van der Waals surface area contributed by atoms with Crippen molar-refractivity contribution >= 4 is 5.97 Å². The fourth-order valence-corrected chi connectivity index (χ4v) is 1.05. The molecular weight excluding hydrogens is 184 g/mol. The van der Waals surface area contributed by atoms with Gasteiger partial charge in [0.15, 0.2) is 5.69 Å². The second-order valence-corrected chi connectivity index (χ2v) is 2.58. The lowest BCUT2D eigenvalue weighted by molar-refractivity contribution is 0.0517. The predicted molar refractivity (Wildman–Crippen MR) is 49.3 cm³/mol. The molecule has 0 atom stereocenters. The highest BCUT2D eigenvalue weighted by Gasteiger charge is 2.15. The number of rotatable bonds is 3. The van der Waals surface area contributed by atoms with E-state index in [0.29, 0.717) is 18.1 Å². The molecule has 0 aliphatic heterocycles. The smallest absolute Gasteiger partial charge is 0.357 e. The fraction of sp³-hybridized carbons (Fsp3) is 0.444. The first-order valence-corrected chi connectivity index (χ1v) is 4.23. The number of hydrogen-bond donors (Lipinski definition) is 0. The number of ether oxygens (including phenoxy) is 2. The number of hydrogen-bond acceptors (Lipinski definition) is 5. The Bertz CT molecular complexity index is 339. The van der Waals surface area contributed by atoms with E-state index in [2.05, 4.69) is 9.97 Å². The Hall–Kier alpha value is -1.65. The number of carbonyl (C=O) groups excluding carboxylic acids is 1. The first-order valence-electron chi connectivity index (χ1n) is 4.23. The molecule has 1 rings (SSSR count). The van der Waals surface area contributed by atoms with Crippen LogP contribution < -0.4 is 4.74 Å². The van der Waals surface area contributed by atoms with Crippen LogP contribution in [0.5, 0.6) is 5.88 Å². The van der Waals surface area contributed by atoms with Gasteiger partial charge < -0.3 is 9.47 Å². The molecule has 0 aliphatic rings. The van der Waals surface area contributed by atoms with Gasteiger partial charge in [-0.15, -0.1) is 0 Å². The van der Waals surface area contributed by atoms with Crippen LogP contribution in [0.2, 0.25) is 0 Å². The third-order valence-electron chi connectivity index (χ3n) is 1.70. The van der Waals surface area contributed by atoms with Gasteiger partial charge in [-0.3, -0.25) is 0 Å². The molecular formula is C9H12N2O3. The zero-order chi connectivity index (χ0) is 10.6. The molecule has 5 nitrogen and oxygen atoms in total. The van der Waals surface area contributed by atoms with Crippen molar-refractivity contribution in [3.8, 4) is 5.88 Å². The third-order valence-corrected chi connectivity index (χ3v) is 1.70. The fourth-order valence-electron chi connectivity index (χ4n) is 1.05. The number of carbonyl (C=O) groups is 1. The largest absolute Gasteiger partial charge is 0.481 e. The molecule has 5 heteroatoms. The van der Waals surface area contributed by atoms with Gasteiger partial charge in [-0.25, -0.2) is 14.8 Å². The van der Waals surface area contributed by atoms with Crippen molar-refractivity contribution < 1.29 is 14.3 Å². The summed E-state index contributed by atoms with van der Waals surface area (Å²) in [6.07, 6.45) is 1.28. The summed E-state index contributed by atoms with van der Waals surface area (Å²) in [6, 6.07) is 0. The second-order valence-electron chi connectivity index (χ2n) is 2.58. The molecule has 1 aromatic rings. The van der Waals surface area contributed by atoms with Gasteiger partial charge >= 0.3 is 5.97 Å². The van der Waals surface area contributed by atoms with Gasteiger partial charge in [-0.2, -0.15) is 0 Å². The van der Waals surface area contributed by atoms with E-state index in [4.69, 9.17) is 9.47 Å². The summed E-state index contributed by atoms with van der Waals surface area (Å²) < 4.78 is 9.78. The number of nitrogens with zero attached hydrogens (tertiary/aromatic N) is 2. The third kappa shape index (κ3) is 1.99. The average molecular weight is 196 g/mol. The first-order chi connectivity index (χ1) is 6.70. The van der Waals surface area contributed by atoms with Gasteiger partial charge in [-0.1, -0.05) is 0 Å². The van der Waals surface area contributed by atoms with Crippen LogP contribution in [-0.2, 0) is 4.74 Å². The van der Waals surface area contributed by atoms with E-state index in [9.17, 15) is 4.79 Å². The number of aromatic nitrogens is 2. The van der Waals surface area contributed by atoms with Crippen LogP contribution in [0.1, 0.15) is 23.0 Å². The van der Waals surface area contributed by atoms with Gasteiger partial charge in [-0.05, 0) is 13.8 Å². The molecule has 76 valence electrons. The Morgan fingerprint density at radius 1 is 1.50 bits per heavy atom. The Morgan fingerprint density at radius 2 is 2.21 bits per heavy atom. The molecule has 0 aliphatic carbocycles. The zero-order valence-corrected chi connectivity index (χ0v) is 8.40. The lowest BCUT2D eigenvalue weighted by Crippen LogP contribution is -2.10. The van der Waals surface area contributed by atoms with Crippen molar-refractivity contribution in [2.24, 2.45) is 0 Å². The van der Waals surface area contributed by atoms with E-state index >= 15 is 0 Å². The lowest BCUT2D eigenvalue weighted by atomic mass is 10.2. The van der Waals surface area contributed by atoms with Crippen LogP contribution >= 0.6 is 0 Å². The van der Waals surface area contributed by atoms with E-state index in [1.54, 1.807) is 13.8 Å². The molecule has 0 fully saturated rings. The Kier molecular flexibility index (Phi) is 3.39. The number of esters is 1. The molecule has 1 heterocycles. The van der Waals surface area contributed by atoms with Crippen LogP contribution in [0.3, 0.4) is 0 Å². The second kappa shape index (κ2) is 4.55. The summed E-state index contributed by atoms with van der Waals surface area (Å²) in [5, 5.41) is 0. The van der Waals surface area contributed by atoms with Crippen molar-refractivity contribution in [2.45, 2.75) is 13.8 Å². The summed E-state index contributed by atoms with van der Waals surface area (Å²) in [7, 11) is 1.49. The van der Waals surface area contributed by atoms with Gasteiger partial charge in [0.05, 0.1) is 13.7 Å². The van der Waals surface area contributed by atoms with E-state index in [-0.39, 0.29) is 5.69 Å². The van der Waals surface area contributed by atoms with E-state index in [0.717, 1.165) is 0 Å². The Labute approximate surface area is 82.1 Å². The van der Waals surface area contributed by atoms with Crippen LogP contribution in [0.4, 0.5) is 0 Å². The van der Waals surface area contributed by atoms with Crippen molar-refractivity contribution in [1.82, 2.24) is 9.97 Å². The minimum absolute atomic E-state index is 0.249. The average Bonchev–Trinajstić information content (AvgIpc) is 2.18. The lowest BCUT2D eigenvalue weighted by Gasteiger charge is -2.06. The molecule has 0 unspecified atom stereocenters. The van der Waals surface area contributed by atoms with Crippen LogP contribution in [0.25, 0.3) is 0 Å². The summed E-state index contributed by atoms with van der Waals surface area (Å²) in [4.78, 5) is 19.1. The summed E-state index contributed by atoms with van der Waals surface area (Å²) in [5.74, 6) is -0.0613. The van der Waals surface area contributed by atoms with Crippen molar-refractivity contribution in [3.63, 3.8) is 0 Å². The Balaban J connectivity index is 3.03. The predicted octanol–water partition coefficient (Wildman–Crippen LogP) is 0.970. The van der Waals surface area contributed by atoms with E-state index in [1.807, 2.05) is 0 Å². The zero-order valence-electron chi connectivity index (χ0n) is 8.40. The molecule has 0 bridgehead atoms. The maximum absolute atomic E-state index is 11.4. The molecule has 1 aromatic heterocycles. The number of methoxy groups -OCH3 is 1. The maximum atomic E-state index is 11.4. The monoisotopic (exact) mass is 196 g/mol. The van der Waals surface area contributed by atoms with Gasteiger partial charge in [0.25, 0.3) is 0 Å². The first kappa shape index (κ1) is 10.4. The van der Waals surface area contributed by atoms with Crippen molar-refractivity contribution in [1.29, 1.82) is 0 Å². The molecule has 0 amide bonds. The van der Waals surface area contributed by atoms with Crippen molar-refractivity contribution in [3.05, 3.63) is 17.6 Å². The highest BCUT2D eigenvalue weighted by atomic mass is 16.5. The van der Waals surface area contributed by atoms with Crippen LogP contribution in [0, 0.1) is 6.92 Å². The summed E-state index contributed by atoms with van der Waals surface area (Å²) in [5.41, 5.74) is 0.840. The van der Waals surface area contributed by atoms with Crippen LogP contribution in [-0.4, -0.2) is 29.7 Å². The summed E-state index contributed by atoms with van der Waals surface area (Å²) >= 11 is 0. The highest BCUT2D eigenvalue weighted by Crippen LogP contribution is 2.15. The SMILES string of the molecule is CCOC(=O)c1ncnc(OC)c1C. The molecule has 0 radical (unpaired) electrons. The molecule has 0 N–H and O–H groups in total. The van der Waals surface area contributed by atoms with Gasteiger partial charge in [0, 0.05) is 5.56 Å². The van der Waals surface area contributed by atoms with Crippen LogP contribution in [0.15, 0.2) is 6.33 Å². The Morgan fingerprint density at radius 3 is 2.79 bits per heavy atom. The minimum atomic E-state index is -0.453. The van der Waals surface area contributed by atoms with Gasteiger partial charge in [0.2, 0.25) is 5.88 Å². The molecule has 0 saturated heterocycles. The molecule has 0 aromatic carbocycles. The summed E-state index contributed by atoms with van der Waals surface area (Å²) in [6.45, 7) is 3.78. The normalized spacial score (nSPS) is 9.64. The van der Waals surface area contributed by atoms with E-state index < -0.39 is 5.97 Å². The maximum Gasteiger partial charge on any atom is 0.357 e. The van der Waals surface area contributed by atoms with E-state index in [1.165, 1.54) is 13.4 Å². The minimum Gasteiger partial charge on any atom is -0.481 e. The molecule has 0 spiro atoms. The quantitative estimate of drug-likeness (QED) is 0.674. The highest BCUT2D eigenvalue weighted by molar-refractivity contribution is 5.89. The molecule has 0 saturated carbocycles. The van der Waals surface area contributed by atoms with Gasteiger partial charge in [0.1, 0.15) is 6.33 Å². The standard InChI is InChI=1S/C9H12N2O3/c1-4-14-9(12)7-6(2)8(13-3)11-5-10-7/h5H,4H2,1-3H3. The van der Waals surface area contributed by atoms with Crippen molar-refractivity contribution in [2.75, 3.05) is 13.7 Å².